The molecule has 53 heavy (non-hydrogen) atoms. The van der Waals surface area contributed by atoms with E-state index in [0.717, 1.165) is 0 Å². The van der Waals surface area contributed by atoms with Gasteiger partial charge in [0.1, 0.15) is 11.4 Å². The molecule has 0 bridgehead atoms. The first-order chi connectivity index (χ1) is 24.8. The maximum absolute atomic E-state index is 13.8. The summed E-state index contributed by atoms with van der Waals surface area (Å²) in [5.74, 6) is -7.72. The Morgan fingerprint density at radius 3 is 1.77 bits per heavy atom. The van der Waals surface area contributed by atoms with Crippen molar-refractivity contribution in [1.82, 2.24) is 10.6 Å². The van der Waals surface area contributed by atoms with Gasteiger partial charge in [-0.25, -0.2) is 0 Å². The van der Waals surface area contributed by atoms with E-state index in [0.29, 0.717) is 34.2 Å². The number of hydrogen-bond donors (Lipinski definition) is 4. The van der Waals surface area contributed by atoms with Crippen LogP contribution in [0.1, 0.15) is 106 Å². The Balaban J connectivity index is 6.25. The molecule has 2 amide bonds. The predicted octanol–water partition coefficient (Wildman–Crippen LogP) is 2.33. The Hall–Kier alpha value is -3.99. The van der Waals surface area contributed by atoms with Crippen LogP contribution >= 0.6 is 0 Å². The van der Waals surface area contributed by atoms with E-state index >= 15 is 0 Å². The van der Waals surface area contributed by atoms with Crippen LogP contribution in [-0.2, 0) is 61.9 Å². The van der Waals surface area contributed by atoms with E-state index < -0.39 is 83.7 Å². The fraction of sp³-hybridized carbons (Fsp3) is 0.765. The molecule has 0 fully saturated rings. The number of rotatable bonds is 29. The van der Waals surface area contributed by atoms with Crippen molar-refractivity contribution in [3.63, 3.8) is 0 Å². The summed E-state index contributed by atoms with van der Waals surface area (Å²) in [6.45, 7) is 10.8. The van der Waals surface area contributed by atoms with E-state index in [4.69, 9.17) is 24.8 Å². The number of ether oxygens (including phenoxy) is 3. The summed E-state index contributed by atoms with van der Waals surface area (Å²) >= 11 is 0. The molecule has 0 aromatic carbocycles. The van der Waals surface area contributed by atoms with Crippen LogP contribution in [-0.4, -0.2) is 106 Å². The molecule has 296 valence electrons. The van der Waals surface area contributed by atoms with Gasteiger partial charge < -0.3 is 14.3 Å². The van der Waals surface area contributed by atoms with Gasteiger partial charge in [-0.2, -0.15) is 0 Å². The molecule has 0 heterocycles. The van der Waals surface area contributed by atoms with Gasteiger partial charge in [0, 0.05) is 7.11 Å². The Labute approximate surface area is 312 Å². The van der Waals surface area contributed by atoms with E-state index in [1.54, 1.807) is 34.6 Å². The molecule has 4 atom stereocenters. The minimum absolute atomic E-state index is 0.0278. The molecule has 4 N–H and O–H groups in total. The van der Waals surface area contributed by atoms with E-state index in [-0.39, 0.29) is 63.3 Å². The van der Waals surface area contributed by atoms with Gasteiger partial charge in [0.2, 0.25) is 0 Å². The van der Waals surface area contributed by atoms with Gasteiger partial charge in [-0.1, -0.05) is 0 Å². The van der Waals surface area contributed by atoms with Crippen molar-refractivity contribution >= 4 is 61.6 Å². The number of esters is 1. The zero-order chi connectivity index (χ0) is 40.6. The summed E-state index contributed by atoms with van der Waals surface area (Å²) in [5, 5.41) is 19.2. The van der Waals surface area contributed by atoms with Crippen molar-refractivity contribution < 1.29 is 61.9 Å². The Bertz CT molecular complexity index is 1270. The average Bonchev–Trinajstić information content (AvgIpc) is 3.04. The van der Waals surface area contributed by atoms with Crippen LogP contribution < -0.4 is 10.6 Å². The molecule has 0 aliphatic heterocycles. The number of hydrogen-bond acceptors (Lipinski definition) is 15. The average molecular weight is 750 g/mol. The van der Waals surface area contributed by atoms with Crippen molar-refractivity contribution in [2.24, 2.45) is 17.8 Å². The summed E-state index contributed by atoms with van der Waals surface area (Å²) in [6, 6.07) is -2.34. The topological polar surface area (TPSA) is 254 Å². The second-order valence-electron chi connectivity index (χ2n) is 14.0. The number of nitrogens with one attached hydrogen (secondary N) is 4. The van der Waals surface area contributed by atoms with Crippen LogP contribution in [0.3, 0.4) is 0 Å². The van der Waals surface area contributed by atoms with Crippen LogP contribution in [0, 0.1) is 28.4 Å². The SMILES string of the molecule is COCCOCCCC(=O)[C@@H](CCC(=O)OB=N)NC(=O)[C@H](CCC(=O)OB=N)CC(=O)[C@@H](CC(C)C)NC(=O)[C@@H](CC(C)=O)CC(=O)OC(C)(C)C. The quantitative estimate of drug-likeness (QED) is 0.0487. The molecule has 0 aromatic heterocycles. The van der Waals surface area contributed by atoms with Crippen molar-refractivity contribution in [3.8, 4) is 0 Å². The molecule has 0 saturated carbocycles. The third-order valence-electron chi connectivity index (χ3n) is 7.53. The number of carbonyl (C=O) groups is 8. The number of ketones is 3. The van der Waals surface area contributed by atoms with Crippen LogP contribution in [0.15, 0.2) is 0 Å². The van der Waals surface area contributed by atoms with Gasteiger partial charge in [-0.3, -0.25) is 4.79 Å². The minimum atomic E-state index is -1.22. The molecule has 0 aromatic rings. The van der Waals surface area contributed by atoms with E-state index in [9.17, 15) is 38.4 Å². The number of carbonyl (C=O) groups excluding carboxylic acids is 8. The smallest absolute Gasteiger partial charge is 0.460 e. The number of methoxy groups -OCH3 is 1. The van der Waals surface area contributed by atoms with Gasteiger partial charge in [0.15, 0.2) is 0 Å². The van der Waals surface area contributed by atoms with Gasteiger partial charge in [-0.15, -0.1) is 0 Å². The minimum Gasteiger partial charge on any atom is -0.460 e. The summed E-state index contributed by atoms with van der Waals surface area (Å²) in [6.07, 6.45) is -1.89. The van der Waals surface area contributed by atoms with Crippen LogP contribution in [0.25, 0.3) is 0 Å². The van der Waals surface area contributed by atoms with Crippen LogP contribution in [0.5, 0.6) is 0 Å². The van der Waals surface area contributed by atoms with E-state index in [2.05, 4.69) is 19.9 Å². The number of amides is 2. The molecule has 17 nitrogen and oxygen atoms in total. The van der Waals surface area contributed by atoms with Crippen molar-refractivity contribution in [2.75, 3.05) is 26.9 Å². The van der Waals surface area contributed by atoms with Crippen molar-refractivity contribution in [2.45, 2.75) is 123 Å². The third-order valence-corrected chi connectivity index (χ3v) is 7.53. The molecule has 0 unspecified atom stereocenters. The standard InChI is InChI=1S/C34H56B2N4O13/c1-21(2)17-26(40-33(48)24(18-22(3)41)20-31(46)51-34(4,5)6)28(43)19-23(10-12-29(44)52-35-37)32(47)39-25(11-13-30(45)53-36-38)27(42)9-8-14-50-16-15-49-7/h21,23-26,37-38H,8-20H2,1-7H3,(H,39,47)(H,40,48)/t23-,24+,25-,26-/m1/s1. The number of Topliss-reactive ketones (excluding diaryl/α,β-unsaturated/α-hetero) is 3. The Kier molecular flexibility index (Phi) is 24.7. The second kappa shape index (κ2) is 26.7. The van der Waals surface area contributed by atoms with E-state index in [1.807, 2.05) is 0 Å². The van der Waals surface area contributed by atoms with Gasteiger partial charge >= 0.3 is 248 Å². The summed E-state index contributed by atoms with van der Waals surface area (Å²) in [4.78, 5) is 103. The molecule has 0 spiro atoms. The normalized spacial score (nSPS) is 13.3. The molecular weight excluding hydrogens is 694 g/mol. The molecule has 0 aliphatic carbocycles. The molecule has 0 saturated heterocycles. The monoisotopic (exact) mass is 750 g/mol. The fourth-order valence-electron chi connectivity index (χ4n) is 5.11. The molecule has 19 heteroatoms. The summed E-state index contributed by atoms with van der Waals surface area (Å²) in [5.41, 5.74) is -0.836. The summed E-state index contributed by atoms with van der Waals surface area (Å²) < 4.78 is 24.7. The van der Waals surface area contributed by atoms with Gasteiger partial charge in [-0.05, 0) is 27.7 Å². The Morgan fingerprint density at radius 1 is 0.679 bits per heavy atom. The van der Waals surface area contributed by atoms with Gasteiger partial charge in [0.05, 0.1) is 0 Å². The Morgan fingerprint density at radius 2 is 1.25 bits per heavy atom. The fourth-order valence-corrected chi connectivity index (χ4v) is 5.11. The zero-order valence-electron chi connectivity index (χ0n) is 32.0. The maximum atomic E-state index is 13.8. The van der Waals surface area contributed by atoms with Crippen molar-refractivity contribution in [3.05, 3.63) is 0 Å². The second-order valence-corrected chi connectivity index (χ2v) is 14.0. The molecule has 0 radical (unpaired) electrons. The van der Waals surface area contributed by atoms with Gasteiger partial charge in [0.25, 0.3) is 0 Å². The first kappa shape index (κ1) is 49.0. The first-order valence-electron chi connectivity index (χ1n) is 17.6. The molecular formula is C34H56B2N4O13. The first-order valence-corrected chi connectivity index (χ1v) is 17.6. The predicted molar refractivity (Wildman–Crippen MR) is 190 cm³/mol. The molecule has 0 aliphatic rings. The summed E-state index contributed by atoms with van der Waals surface area (Å²) in [7, 11) is 2.38. The van der Waals surface area contributed by atoms with E-state index in [1.165, 1.54) is 14.0 Å². The van der Waals surface area contributed by atoms with Crippen molar-refractivity contribution in [1.29, 1.82) is 10.6 Å². The van der Waals surface area contributed by atoms with Crippen LogP contribution in [0.4, 0.5) is 0 Å². The van der Waals surface area contributed by atoms with Crippen LogP contribution in [0.2, 0.25) is 0 Å². The third kappa shape index (κ3) is 24.0. The molecule has 0 rings (SSSR count). The zero-order valence-corrected chi connectivity index (χ0v) is 32.0.